The zero-order chi connectivity index (χ0) is 11.1. The van der Waals surface area contributed by atoms with Crippen molar-refractivity contribution in [3.05, 3.63) is 36.7 Å². The SMILES string of the molecule is C1CCNCC1.c1ccc2nccnc2c1. The first-order valence-electron chi connectivity index (χ1n) is 5.83. The van der Waals surface area contributed by atoms with E-state index >= 15 is 0 Å². The van der Waals surface area contributed by atoms with Gasteiger partial charge in [-0.15, -0.1) is 0 Å². The highest BCUT2D eigenvalue weighted by Gasteiger charge is 1.93. The molecule has 3 heteroatoms. The van der Waals surface area contributed by atoms with Gasteiger partial charge in [-0.3, -0.25) is 9.97 Å². The molecule has 0 spiro atoms. The Kier molecular flexibility index (Phi) is 4.26. The molecule has 0 amide bonds. The predicted octanol–water partition coefficient (Wildman–Crippen LogP) is 2.39. The van der Waals surface area contributed by atoms with Gasteiger partial charge in [0.05, 0.1) is 11.0 Å². The molecule has 1 fully saturated rings. The van der Waals surface area contributed by atoms with Crippen LogP contribution in [0.1, 0.15) is 19.3 Å². The highest BCUT2D eigenvalue weighted by atomic mass is 14.9. The number of aromatic nitrogens is 2. The van der Waals surface area contributed by atoms with Crippen molar-refractivity contribution >= 4 is 11.0 Å². The number of nitrogens with zero attached hydrogens (tertiary/aromatic N) is 2. The number of hydrogen-bond donors (Lipinski definition) is 1. The fourth-order valence-electron chi connectivity index (χ4n) is 1.71. The van der Waals surface area contributed by atoms with E-state index in [0.29, 0.717) is 0 Å². The second-order valence-corrected chi connectivity index (χ2v) is 3.86. The highest BCUT2D eigenvalue weighted by molar-refractivity contribution is 5.72. The molecule has 0 atom stereocenters. The molecule has 1 aromatic heterocycles. The summed E-state index contributed by atoms with van der Waals surface area (Å²) in [6.45, 7) is 2.50. The van der Waals surface area contributed by atoms with E-state index in [4.69, 9.17) is 0 Å². The molecule has 2 aromatic rings. The molecule has 0 radical (unpaired) electrons. The Bertz CT molecular complexity index is 347. The maximum atomic E-state index is 4.12. The minimum atomic E-state index is 0.949. The van der Waals surface area contributed by atoms with Crippen molar-refractivity contribution in [1.29, 1.82) is 0 Å². The van der Waals surface area contributed by atoms with Gasteiger partial charge in [0, 0.05) is 12.4 Å². The molecule has 2 heterocycles. The van der Waals surface area contributed by atoms with E-state index in [1.807, 2.05) is 24.3 Å². The van der Waals surface area contributed by atoms with Crippen molar-refractivity contribution in [1.82, 2.24) is 15.3 Å². The first-order valence-corrected chi connectivity index (χ1v) is 5.83. The Hall–Kier alpha value is -1.48. The van der Waals surface area contributed by atoms with E-state index in [1.54, 1.807) is 12.4 Å². The summed E-state index contributed by atoms with van der Waals surface area (Å²) in [5.41, 5.74) is 1.90. The van der Waals surface area contributed by atoms with Gasteiger partial charge < -0.3 is 5.32 Å². The fourth-order valence-corrected chi connectivity index (χ4v) is 1.71. The van der Waals surface area contributed by atoms with Crippen molar-refractivity contribution in [2.24, 2.45) is 0 Å². The Morgan fingerprint density at radius 3 is 1.75 bits per heavy atom. The van der Waals surface area contributed by atoms with Crippen molar-refractivity contribution in [3.63, 3.8) is 0 Å². The molecule has 1 N–H and O–H groups in total. The molecule has 0 aliphatic carbocycles. The first kappa shape index (κ1) is 11.0. The van der Waals surface area contributed by atoms with Crippen LogP contribution in [0.4, 0.5) is 0 Å². The molecule has 1 saturated heterocycles. The number of para-hydroxylation sites is 2. The van der Waals surface area contributed by atoms with Gasteiger partial charge in [0.15, 0.2) is 0 Å². The number of benzene rings is 1. The maximum Gasteiger partial charge on any atom is 0.0886 e. The van der Waals surface area contributed by atoms with Gasteiger partial charge >= 0.3 is 0 Å². The number of piperidine rings is 1. The van der Waals surface area contributed by atoms with Crippen molar-refractivity contribution < 1.29 is 0 Å². The predicted molar refractivity (Wildman–Crippen MR) is 66.3 cm³/mol. The summed E-state index contributed by atoms with van der Waals surface area (Å²) in [4.78, 5) is 8.24. The topological polar surface area (TPSA) is 37.8 Å². The molecule has 16 heavy (non-hydrogen) atoms. The van der Waals surface area contributed by atoms with Gasteiger partial charge in [0.2, 0.25) is 0 Å². The zero-order valence-corrected chi connectivity index (χ0v) is 9.39. The lowest BCUT2D eigenvalue weighted by Crippen LogP contribution is -2.21. The molecule has 3 rings (SSSR count). The van der Waals surface area contributed by atoms with E-state index in [2.05, 4.69) is 15.3 Å². The third kappa shape index (κ3) is 3.28. The van der Waals surface area contributed by atoms with Gasteiger partial charge in [0.1, 0.15) is 0 Å². The van der Waals surface area contributed by atoms with Crippen LogP contribution in [-0.4, -0.2) is 23.1 Å². The van der Waals surface area contributed by atoms with Crippen LogP contribution in [0.3, 0.4) is 0 Å². The maximum absolute atomic E-state index is 4.12. The lowest BCUT2D eigenvalue weighted by molar-refractivity contribution is 0.520. The highest BCUT2D eigenvalue weighted by Crippen LogP contribution is 2.04. The molecule has 1 aromatic carbocycles. The van der Waals surface area contributed by atoms with E-state index in [9.17, 15) is 0 Å². The average molecular weight is 215 g/mol. The molecular formula is C13H17N3. The van der Waals surface area contributed by atoms with Gasteiger partial charge in [-0.1, -0.05) is 18.6 Å². The standard InChI is InChI=1S/C8H6N2.C5H11N/c1-2-4-8-7(3-1)9-5-6-10-8;1-2-4-6-5-3-1/h1-6H;6H,1-5H2. The minimum absolute atomic E-state index is 0.949. The molecule has 0 unspecified atom stereocenters. The van der Waals surface area contributed by atoms with E-state index in [-0.39, 0.29) is 0 Å². The van der Waals surface area contributed by atoms with Crippen LogP contribution in [0.15, 0.2) is 36.7 Å². The van der Waals surface area contributed by atoms with Crippen LogP contribution in [0.25, 0.3) is 11.0 Å². The average Bonchev–Trinajstić information content (AvgIpc) is 2.42. The molecule has 0 saturated carbocycles. The van der Waals surface area contributed by atoms with Crippen LogP contribution < -0.4 is 5.32 Å². The molecule has 84 valence electrons. The summed E-state index contributed by atoms with van der Waals surface area (Å²) in [6.07, 6.45) is 7.61. The third-order valence-corrected chi connectivity index (χ3v) is 2.58. The normalized spacial score (nSPS) is 15.2. The Balaban J connectivity index is 0.000000138. The van der Waals surface area contributed by atoms with Gasteiger partial charge in [-0.2, -0.15) is 0 Å². The van der Waals surface area contributed by atoms with Gasteiger partial charge in [0.25, 0.3) is 0 Å². The molecule has 0 bridgehead atoms. The summed E-state index contributed by atoms with van der Waals surface area (Å²) in [5.74, 6) is 0. The van der Waals surface area contributed by atoms with Crippen LogP contribution in [0.2, 0.25) is 0 Å². The van der Waals surface area contributed by atoms with Crippen LogP contribution >= 0.6 is 0 Å². The zero-order valence-electron chi connectivity index (χ0n) is 9.39. The first-order chi connectivity index (χ1) is 7.97. The second-order valence-electron chi connectivity index (χ2n) is 3.86. The third-order valence-electron chi connectivity index (χ3n) is 2.58. The van der Waals surface area contributed by atoms with E-state index in [0.717, 1.165) is 11.0 Å². The number of nitrogens with one attached hydrogen (secondary N) is 1. The lowest BCUT2D eigenvalue weighted by atomic mass is 10.2. The summed E-state index contributed by atoms with van der Waals surface area (Å²) < 4.78 is 0. The van der Waals surface area contributed by atoms with Crippen molar-refractivity contribution in [2.45, 2.75) is 19.3 Å². The number of fused-ring (bicyclic) bond motifs is 1. The Morgan fingerprint density at radius 1 is 0.812 bits per heavy atom. The monoisotopic (exact) mass is 215 g/mol. The lowest BCUT2D eigenvalue weighted by Gasteiger charge is -2.08. The van der Waals surface area contributed by atoms with Crippen LogP contribution in [-0.2, 0) is 0 Å². The van der Waals surface area contributed by atoms with Crippen molar-refractivity contribution in [3.8, 4) is 0 Å². The van der Waals surface area contributed by atoms with Crippen molar-refractivity contribution in [2.75, 3.05) is 13.1 Å². The molecule has 3 nitrogen and oxygen atoms in total. The fraction of sp³-hybridized carbons (Fsp3) is 0.385. The summed E-state index contributed by atoms with van der Waals surface area (Å²) in [7, 11) is 0. The molecule has 1 aliphatic rings. The van der Waals surface area contributed by atoms with E-state index in [1.165, 1.54) is 32.4 Å². The van der Waals surface area contributed by atoms with E-state index < -0.39 is 0 Å². The molecule has 1 aliphatic heterocycles. The summed E-state index contributed by atoms with van der Waals surface area (Å²) in [6, 6.07) is 7.80. The van der Waals surface area contributed by atoms with Crippen LogP contribution in [0.5, 0.6) is 0 Å². The van der Waals surface area contributed by atoms with Gasteiger partial charge in [-0.25, -0.2) is 0 Å². The number of rotatable bonds is 0. The summed E-state index contributed by atoms with van der Waals surface area (Å²) in [5, 5.41) is 3.28. The summed E-state index contributed by atoms with van der Waals surface area (Å²) >= 11 is 0. The quantitative estimate of drug-likeness (QED) is 0.733. The Morgan fingerprint density at radius 2 is 1.38 bits per heavy atom. The Labute approximate surface area is 95.9 Å². The van der Waals surface area contributed by atoms with Crippen LogP contribution in [0, 0.1) is 0 Å². The largest absolute Gasteiger partial charge is 0.317 e. The minimum Gasteiger partial charge on any atom is -0.317 e. The number of hydrogen-bond acceptors (Lipinski definition) is 3. The van der Waals surface area contributed by atoms with Gasteiger partial charge in [-0.05, 0) is 38.1 Å². The smallest absolute Gasteiger partial charge is 0.0886 e. The molecular weight excluding hydrogens is 198 g/mol. The second kappa shape index (κ2) is 6.18.